The molecule has 0 saturated heterocycles. The van der Waals surface area contributed by atoms with Crippen molar-refractivity contribution >= 4 is 11.4 Å². The standard InChI is InChI=1S/C13H18N2/c1-4-5-6-11-14-12-7-9-13(10-8-12)15(2)3/h7-10,14H,6,11H2,1-3H3. The third kappa shape index (κ3) is 3.95. The van der Waals surface area contributed by atoms with E-state index in [-0.39, 0.29) is 0 Å². The van der Waals surface area contributed by atoms with Gasteiger partial charge in [0.25, 0.3) is 0 Å². The summed E-state index contributed by atoms with van der Waals surface area (Å²) in [7, 11) is 4.08. The molecule has 0 spiro atoms. The van der Waals surface area contributed by atoms with E-state index in [1.54, 1.807) is 0 Å². The Labute approximate surface area is 92.3 Å². The smallest absolute Gasteiger partial charge is 0.0362 e. The molecule has 0 fully saturated rings. The largest absolute Gasteiger partial charge is 0.384 e. The van der Waals surface area contributed by atoms with Gasteiger partial charge < -0.3 is 10.2 Å². The van der Waals surface area contributed by atoms with Gasteiger partial charge in [-0.05, 0) is 31.2 Å². The lowest BCUT2D eigenvalue weighted by Gasteiger charge is -2.13. The Morgan fingerprint density at radius 3 is 2.40 bits per heavy atom. The molecule has 1 N–H and O–H groups in total. The average molecular weight is 202 g/mol. The van der Waals surface area contributed by atoms with Crippen molar-refractivity contribution in [2.45, 2.75) is 13.3 Å². The topological polar surface area (TPSA) is 15.3 Å². The highest BCUT2D eigenvalue weighted by Crippen LogP contribution is 2.15. The van der Waals surface area contributed by atoms with E-state index in [1.165, 1.54) is 5.69 Å². The molecule has 0 aliphatic heterocycles. The molecule has 1 aromatic rings. The van der Waals surface area contributed by atoms with E-state index >= 15 is 0 Å². The highest BCUT2D eigenvalue weighted by Gasteiger charge is 1.94. The van der Waals surface area contributed by atoms with Gasteiger partial charge >= 0.3 is 0 Å². The van der Waals surface area contributed by atoms with Crippen LogP contribution in [0.15, 0.2) is 24.3 Å². The number of nitrogens with zero attached hydrogens (tertiary/aromatic N) is 1. The number of benzene rings is 1. The van der Waals surface area contributed by atoms with Crippen LogP contribution in [0.25, 0.3) is 0 Å². The molecule has 0 aliphatic rings. The third-order valence-electron chi connectivity index (χ3n) is 2.14. The van der Waals surface area contributed by atoms with Crippen LogP contribution in [0.2, 0.25) is 0 Å². The summed E-state index contributed by atoms with van der Waals surface area (Å²) in [5.41, 5.74) is 2.37. The lowest BCUT2D eigenvalue weighted by molar-refractivity contribution is 1.09. The van der Waals surface area contributed by atoms with Crippen molar-refractivity contribution in [1.82, 2.24) is 0 Å². The van der Waals surface area contributed by atoms with Gasteiger partial charge in [0.05, 0.1) is 0 Å². The lowest BCUT2D eigenvalue weighted by atomic mass is 10.2. The second-order valence-corrected chi connectivity index (χ2v) is 3.54. The number of rotatable bonds is 4. The van der Waals surface area contributed by atoms with Gasteiger partial charge in [-0.25, -0.2) is 0 Å². The number of hydrogen-bond acceptors (Lipinski definition) is 2. The first-order valence-electron chi connectivity index (χ1n) is 5.15. The van der Waals surface area contributed by atoms with Crippen molar-refractivity contribution in [2.24, 2.45) is 0 Å². The summed E-state index contributed by atoms with van der Waals surface area (Å²) in [5.74, 6) is 5.91. The summed E-state index contributed by atoms with van der Waals surface area (Å²) < 4.78 is 0. The molecule has 2 heteroatoms. The molecule has 0 radical (unpaired) electrons. The summed E-state index contributed by atoms with van der Waals surface area (Å²) in [6, 6.07) is 8.39. The van der Waals surface area contributed by atoms with E-state index in [1.807, 2.05) is 21.0 Å². The molecule has 0 heterocycles. The van der Waals surface area contributed by atoms with Crippen LogP contribution in [0.1, 0.15) is 13.3 Å². The van der Waals surface area contributed by atoms with Crippen molar-refractivity contribution in [2.75, 3.05) is 30.9 Å². The molecular weight excluding hydrogens is 184 g/mol. The Kier molecular flexibility index (Phi) is 4.56. The molecule has 15 heavy (non-hydrogen) atoms. The van der Waals surface area contributed by atoms with Crippen LogP contribution in [-0.2, 0) is 0 Å². The molecule has 0 atom stereocenters. The molecule has 2 nitrogen and oxygen atoms in total. The fraction of sp³-hybridized carbons (Fsp3) is 0.385. The van der Waals surface area contributed by atoms with Crippen LogP contribution < -0.4 is 10.2 Å². The fourth-order valence-electron chi connectivity index (χ4n) is 1.27. The van der Waals surface area contributed by atoms with Crippen molar-refractivity contribution < 1.29 is 0 Å². The molecule has 0 aliphatic carbocycles. The van der Waals surface area contributed by atoms with E-state index in [4.69, 9.17) is 0 Å². The van der Waals surface area contributed by atoms with Crippen LogP contribution >= 0.6 is 0 Å². The van der Waals surface area contributed by atoms with Gasteiger partial charge in [-0.1, -0.05) is 0 Å². The van der Waals surface area contributed by atoms with Gasteiger partial charge in [0, 0.05) is 38.4 Å². The molecule has 0 bridgehead atoms. The minimum Gasteiger partial charge on any atom is -0.384 e. The lowest BCUT2D eigenvalue weighted by Crippen LogP contribution is -2.08. The second kappa shape index (κ2) is 5.98. The summed E-state index contributed by atoms with van der Waals surface area (Å²) in [6.45, 7) is 2.77. The normalized spacial score (nSPS) is 9.00. The summed E-state index contributed by atoms with van der Waals surface area (Å²) >= 11 is 0. The molecule has 1 rings (SSSR count). The maximum absolute atomic E-state index is 3.32. The van der Waals surface area contributed by atoms with Gasteiger partial charge in [0.15, 0.2) is 0 Å². The van der Waals surface area contributed by atoms with E-state index in [9.17, 15) is 0 Å². The van der Waals surface area contributed by atoms with Crippen molar-refractivity contribution in [3.8, 4) is 11.8 Å². The van der Waals surface area contributed by atoms with Crippen molar-refractivity contribution in [3.63, 3.8) is 0 Å². The fourth-order valence-corrected chi connectivity index (χ4v) is 1.27. The van der Waals surface area contributed by atoms with Crippen LogP contribution in [0.3, 0.4) is 0 Å². The number of anilines is 2. The van der Waals surface area contributed by atoms with Crippen LogP contribution in [0, 0.1) is 11.8 Å². The second-order valence-electron chi connectivity index (χ2n) is 3.54. The van der Waals surface area contributed by atoms with E-state index < -0.39 is 0 Å². The maximum atomic E-state index is 3.32. The average Bonchev–Trinajstić information content (AvgIpc) is 2.25. The highest BCUT2D eigenvalue weighted by molar-refractivity contribution is 5.54. The maximum Gasteiger partial charge on any atom is 0.0362 e. The van der Waals surface area contributed by atoms with E-state index in [0.29, 0.717) is 0 Å². The van der Waals surface area contributed by atoms with Gasteiger partial charge in [-0.2, -0.15) is 0 Å². The molecule has 0 amide bonds. The molecule has 0 aromatic heterocycles. The molecule has 80 valence electrons. The van der Waals surface area contributed by atoms with E-state index in [2.05, 4.69) is 46.3 Å². The molecule has 0 unspecified atom stereocenters. The molecule has 0 saturated carbocycles. The van der Waals surface area contributed by atoms with Gasteiger partial charge in [0.1, 0.15) is 0 Å². The quantitative estimate of drug-likeness (QED) is 0.596. The SMILES string of the molecule is CC#CCCNc1ccc(N(C)C)cc1. The van der Waals surface area contributed by atoms with Gasteiger partial charge in [-0.3, -0.25) is 0 Å². The van der Waals surface area contributed by atoms with Crippen molar-refractivity contribution in [1.29, 1.82) is 0 Å². The first-order chi connectivity index (χ1) is 7.24. The van der Waals surface area contributed by atoms with Gasteiger partial charge in [0.2, 0.25) is 0 Å². The summed E-state index contributed by atoms with van der Waals surface area (Å²) in [6.07, 6.45) is 0.895. The number of nitrogens with one attached hydrogen (secondary N) is 1. The Hall–Kier alpha value is -1.62. The van der Waals surface area contributed by atoms with E-state index in [0.717, 1.165) is 18.7 Å². The predicted octanol–water partition coefficient (Wildman–Crippen LogP) is 2.58. The van der Waals surface area contributed by atoms with Gasteiger partial charge in [-0.15, -0.1) is 11.8 Å². The Morgan fingerprint density at radius 2 is 1.87 bits per heavy atom. The Bertz CT molecular complexity index is 341. The minimum absolute atomic E-state index is 0.895. The first kappa shape index (κ1) is 11.5. The van der Waals surface area contributed by atoms with Crippen molar-refractivity contribution in [3.05, 3.63) is 24.3 Å². The zero-order valence-corrected chi connectivity index (χ0v) is 9.67. The van der Waals surface area contributed by atoms with Crippen LogP contribution in [0.4, 0.5) is 11.4 Å². The summed E-state index contributed by atoms with van der Waals surface area (Å²) in [5, 5.41) is 3.32. The zero-order chi connectivity index (χ0) is 11.1. The monoisotopic (exact) mass is 202 g/mol. The summed E-state index contributed by atoms with van der Waals surface area (Å²) in [4.78, 5) is 2.09. The zero-order valence-electron chi connectivity index (χ0n) is 9.67. The Morgan fingerprint density at radius 1 is 1.20 bits per heavy atom. The highest BCUT2D eigenvalue weighted by atomic mass is 15.1. The van der Waals surface area contributed by atoms with Crippen LogP contribution in [-0.4, -0.2) is 20.6 Å². The predicted molar refractivity (Wildman–Crippen MR) is 67.3 cm³/mol. The van der Waals surface area contributed by atoms with Crippen LogP contribution in [0.5, 0.6) is 0 Å². The number of hydrogen-bond donors (Lipinski definition) is 1. The minimum atomic E-state index is 0.895. The Balaban J connectivity index is 2.45. The first-order valence-corrected chi connectivity index (χ1v) is 5.15. The molecular formula is C13H18N2. The molecule has 1 aromatic carbocycles. The third-order valence-corrected chi connectivity index (χ3v) is 2.14.